The summed E-state index contributed by atoms with van der Waals surface area (Å²) in [6.45, 7) is 0. The first-order valence-corrected chi connectivity index (χ1v) is 2.68. The van der Waals surface area contributed by atoms with Crippen molar-refractivity contribution in [1.29, 1.82) is 0 Å². The molecular formula is H7AlO4SiZr. The van der Waals surface area contributed by atoms with Crippen LogP contribution in [0.1, 0.15) is 0 Å². The van der Waals surface area contributed by atoms with E-state index in [4.69, 9.17) is 19.2 Å². The molecule has 0 rings (SSSR count). The van der Waals surface area contributed by atoms with Crippen molar-refractivity contribution in [2.24, 2.45) is 0 Å². The summed E-state index contributed by atoms with van der Waals surface area (Å²) in [6, 6.07) is 0. The molecule has 0 aliphatic heterocycles. The molecule has 0 atom stereocenters. The molecule has 0 aliphatic rings. The molecule has 0 aromatic carbocycles. The van der Waals surface area contributed by atoms with Gasteiger partial charge in [-0.05, 0) is 0 Å². The van der Waals surface area contributed by atoms with Gasteiger partial charge in [0.2, 0.25) is 0 Å². The predicted molar refractivity (Wildman–Crippen MR) is 24.6 cm³/mol. The second-order valence-electron chi connectivity index (χ2n) is 0.600. The predicted octanol–water partition coefficient (Wildman–Crippen LogP) is -3.80. The fourth-order valence-corrected chi connectivity index (χ4v) is 0. The molecule has 7 heteroatoms. The zero-order chi connectivity index (χ0) is 4.50. The molecule has 0 saturated heterocycles. The summed E-state index contributed by atoms with van der Waals surface area (Å²) >= 11 is 0. The number of rotatable bonds is 0. The van der Waals surface area contributed by atoms with Gasteiger partial charge in [-0.1, -0.05) is 0 Å². The first-order chi connectivity index (χ1) is 2.00. The van der Waals surface area contributed by atoms with Gasteiger partial charge in [-0.3, -0.25) is 0 Å². The maximum atomic E-state index is 7.33. The van der Waals surface area contributed by atoms with Gasteiger partial charge in [0.1, 0.15) is 0 Å². The monoisotopic (exact) mass is 216 g/mol. The molecule has 0 aromatic heterocycles. The van der Waals surface area contributed by atoms with E-state index in [1.165, 1.54) is 0 Å². The van der Waals surface area contributed by atoms with Gasteiger partial charge in [-0.15, -0.1) is 0 Å². The molecule has 42 valence electrons. The van der Waals surface area contributed by atoms with Crippen molar-refractivity contribution in [1.82, 2.24) is 0 Å². The van der Waals surface area contributed by atoms with Crippen LogP contribution in [0.3, 0.4) is 0 Å². The van der Waals surface area contributed by atoms with Crippen LogP contribution in [-0.2, 0) is 26.2 Å². The topological polar surface area (TPSA) is 80.9 Å². The van der Waals surface area contributed by atoms with Crippen LogP contribution in [-0.4, -0.2) is 45.6 Å². The molecule has 4 N–H and O–H groups in total. The van der Waals surface area contributed by atoms with Crippen molar-refractivity contribution >= 4 is 26.4 Å². The Balaban J connectivity index is -0.0000000800. The Morgan fingerprint density at radius 3 is 0.857 bits per heavy atom. The molecule has 0 radical (unpaired) electrons. The smallest absolute Gasteiger partial charge is 0.368 e. The summed E-state index contributed by atoms with van der Waals surface area (Å²) in [4.78, 5) is 29.3. The van der Waals surface area contributed by atoms with Crippen molar-refractivity contribution in [3.8, 4) is 0 Å². The van der Waals surface area contributed by atoms with Crippen LogP contribution >= 0.6 is 0 Å². The van der Waals surface area contributed by atoms with E-state index in [0.29, 0.717) is 0 Å². The van der Waals surface area contributed by atoms with Gasteiger partial charge in [-0.2, -0.15) is 0 Å². The van der Waals surface area contributed by atoms with Crippen molar-refractivity contribution < 1.29 is 45.4 Å². The SMILES string of the molecule is O[Si](O)(O)O.[AlH3].[Zr]. The summed E-state index contributed by atoms with van der Waals surface area (Å²) in [6.07, 6.45) is 0. The maximum absolute atomic E-state index is 7.33. The van der Waals surface area contributed by atoms with E-state index in [2.05, 4.69) is 0 Å². The third kappa shape index (κ3) is 103. The molecule has 7 heavy (non-hydrogen) atoms. The van der Waals surface area contributed by atoms with E-state index < -0.39 is 9.05 Å². The molecule has 0 heterocycles. The van der Waals surface area contributed by atoms with E-state index >= 15 is 0 Å². The molecule has 4 nitrogen and oxygen atoms in total. The van der Waals surface area contributed by atoms with Gasteiger partial charge in [-0.25, -0.2) is 0 Å². The number of hydrogen-bond acceptors (Lipinski definition) is 4. The van der Waals surface area contributed by atoms with Crippen LogP contribution in [0.4, 0.5) is 0 Å². The largest absolute Gasteiger partial charge is 0.668 e. The quantitative estimate of drug-likeness (QED) is 0.314. The summed E-state index contributed by atoms with van der Waals surface area (Å²) in [7, 11) is -4.61. The maximum Gasteiger partial charge on any atom is 0.668 e. The van der Waals surface area contributed by atoms with Crippen LogP contribution < -0.4 is 0 Å². The fourth-order valence-electron chi connectivity index (χ4n) is 0. The van der Waals surface area contributed by atoms with Crippen molar-refractivity contribution in [2.75, 3.05) is 0 Å². The van der Waals surface area contributed by atoms with Gasteiger partial charge < -0.3 is 19.2 Å². The third-order valence-electron chi connectivity index (χ3n) is 0. The van der Waals surface area contributed by atoms with Crippen LogP contribution in [0.5, 0.6) is 0 Å². The van der Waals surface area contributed by atoms with Gasteiger partial charge in [0.25, 0.3) is 0 Å². The average molecular weight is 217 g/mol. The summed E-state index contributed by atoms with van der Waals surface area (Å²) in [5.74, 6) is 0. The Hall–Kier alpha value is 1.47. The molecule has 0 fully saturated rings. The normalized spacial score (nSPS) is 8.57. The third-order valence-corrected chi connectivity index (χ3v) is 0. The Morgan fingerprint density at radius 2 is 0.857 bits per heavy atom. The van der Waals surface area contributed by atoms with Crippen LogP contribution in [0.2, 0.25) is 0 Å². The minimum Gasteiger partial charge on any atom is -0.368 e. The first-order valence-electron chi connectivity index (χ1n) is 0.894. The van der Waals surface area contributed by atoms with E-state index in [1.807, 2.05) is 0 Å². The Kier molecular flexibility index (Phi) is 12.7. The van der Waals surface area contributed by atoms with Gasteiger partial charge in [0, 0.05) is 26.2 Å². The Bertz CT molecular complexity index is 27.2. The van der Waals surface area contributed by atoms with Crippen molar-refractivity contribution in [3.63, 3.8) is 0 Å². The van der Waals surface area contributed by atoms with E-state index in [-0.39, 0.29) is 43.6 Å². The molecule has 0 bridgehead atoms. The Morgan fingerprint density at radius 1 is 0.857 bits per heavy atom. The van der Waals surface area contributed by atoms with Crippen molar-refractivity contribution in [3.05, 3.63) is 0 Å². The zero-order valence-electron chi connectivity index (χ0n) is 2.79. The fraction of sp³-hybridized carbons (Fsp3) is 0. The molecule has 0 unspecified atom stereocenters. The number of hydrogen-bond donors (Lipinski definition) is 4. The minimum atomic E-state index is -4.61. The standard InChI is InChI=1S/Al.H4O4Si.Zr.3H/c;1-5(2,3)4;;;;/h;1-4H;;;;. The molecule has 0 amide bonds. The van der Waals surface area contributed by atoms with Crippen LogP contribution in [0.25, 0.3) is 0 Å². The molecule has 0 spiro atoms. The minimum absolute atomic E-state index is 0. The zero-order valence-corrected chi connectivity index (χ0v) is 6.25. The Labute approximate surface area is 71.5 Å². The first kappa shape index (κ1) is 15.8. The van der Waals surface area contributed by atoms with Crippen LogP contribution in [0.15, 0.2) is 0 Å². The van der Waals surface area contributed by atoms with Crippen molar-refractivity contribution in [2.45, 2.75) is 0 Å². The summed E-state index contributed by atoms with van der Waals surface area (Å²) in [5.41, 5.74) is 0. The van der Waals surface area contributed by atoms with E-state index in [1.54, 1.807) is 0 Å². The van der Waals surface area contributed by atoms with Gasteiger partial charge in [0.15, 0.2) is 17.4 Å². The molecule has 0 aliphatic carbocycles. The van der Waals surface area contributed by atoms with Crippen LogP contribution in [0, 0.1) is 0 Å². The van der Waals surface area contributed by atoms with Gasteiger partial charge in [0.05, 0.1) is 0 Å². The molecular weight excluding hydrogens is 210 g/mol. The van der Waals surface area contributed by atoms with E-state index in [9.17, 15) is 0 Å². The molecule has 0 saturated carbocycles. The average Bonchev–Trinajstić information content (AvgIpc) is 0.722. The second kappa shape index (κ2) is 5.61. The van der Waals surface area contributed by atoms with Gasteiger partial charge >= 0.3 is 9.05 Å². The molecule has 0 aromatic rings. The summed E-state index contributed by atoms with van der Waals surface area (Å²) < 4.78 is 0. The second-order valence-corrected chi connectivity index (χ2v) is 1.80. The summed E-state index contributed by atoms with van der Waals surface area (Å²) in [5, 5.41) is 0. The van der Waals surface area contributed by atoms with E-state index in [0.717, 1.165) is 0 Å².